The van der Waals surface area contributed by atoms with Gasteiger partial charge in [-0.15, -0.1) is 0 Å². The van der Waals surface area contributed by atoms with Crippen LogP contribution in [0.2, 0.25) is 0 Å². The van der Waals surface area contributed by atoms with E-state index in [0.29, 0.717) is 12.8 Å². The van der Waals surface area contributed by atoms with Crippen LogP contribution in [-0.4, -0.2) is 32.6 Å². The Hall–Kier alpha value is -1.58. The van der Waals surface area contributed by atoms with Gasteiger partial charge < -0.3 is 4.74 Å². The molecule has 9 heteroatoms. The lowest BCUT2D eigenvalue weighted by atomic mass is 9.90. The minimum Gasteiger partial charge on any atom is -0.381 e. The van der Waals surface area contributed by atoms with Crippen LogP contribution in [0.1, 0.15) is 12.8 Å². The summed E-state index contributed by atoms with van der Waals surface area (Å²) < 4.78 is 44.9. The fourth-order valence-electron chi connectivity index (χ4n) is 2.03. The molecule has 0 heterocycles. The number of sulfonamides is 1. The molecule has 1 saturated carbocycles. The zero-order valence-electron chi connectivity index (χ0n) is 10.6. The zero-order valence-corrected chi connectivity index (χ0v) is 11.4. The number of hydrogen-bond donors (Lipinski definition) is 1. The van der Waals surface area contributed by atoms with E-state index in [1.165, 1.54) is 7.11 Å². The Kier molecular flexibility index (Phi) is 4.02. The number of methoxy groups -OCH3 is 1. The number of benzene rings is 1. The first-order valence-electron chi connectivity index (χ1n) is 5.83. The molecule has 1 aromatic rings. The first-order valence-corrected chi connectivity index (χ1v) is 7.31. The summed E-state index contributed by atoms with van der Waals surface area (Å²) in [5.41, 5.74) is -1.04. The number of para-hydroxylation sites is 1. The van der Waals surface area contributed by atoms with E-state index in [2.05, 4.69) is 4.72 Å². The van der Waals surface area contributed by atoms with Crippen molar-refractivity contribution in [2.75, 3.05) is 7.11 Å². The number of nitrogens with one attached hydrogen (secondary N) is 1. The number of ether oxygens (including phenoxy) is 1. The first-order chi connectivity index (χ1) is 9.35. The number of nitro groups is 1. The monoisotopic (exact) mass is 304 g/mol. The number of nitrogens with zero attached hydrogens (tertiary/aromatic N) is 1. The molecule has 0 bridgehead atoms. The summed E-state index contributed by atoms with van der Waals surface area (Å²) >= 11 is 0. The second-order valence-electron chi connectivity index (χ2n) is 4.49. The third kappa shape index (κ3) is 2.79. The zero-order chi connectivity index (χ0) is 14.9. The van der Waals surface area contributed by atoms with Crippen LogP contribution in [-0.2, 0) is 14.8 Å². The van der Waals surface area contributed by atoms with Crippen molar-refractivity contribution in [3.05, 3.63) is 34.1 Å². The Morgan fingerprint density at radius 3 is 2.65 bits per heavy atom. The normalized spacial score (nSPS) is 22.3. The van der Waals surface area contributed by atoms with Gasteiger partial charge in [0.05, 0.1) is 11.0 Å². The van der Waals surface area contributed by atoms with Crippen molar-refractivity contribution in [1.82, 2.24) is 4.72 Å². The molecular weight excluding hydrogens is 291 g/mol. The van der Waals surface area contributed by atoms with E-state index in [-0.39, 0.29) is 12.1 Å². The van der Waals surface area contributed by atoms with Gasteiger partial charge in [-0.1, -0.05) is 6.07 Å². The SMILES string of the molecule is COC1CC(NS(=O)(=O)c2cccc(F)c2[N+](=O)[O-])C1. The van der Waals surface area contributed by atoms with Gasteiger partial charge in [0.2, 0.25) is 15.8 Å². The molecule has 0 atom stereocenters. The standard InChI is InChI=1S/C11H13FN2O5S/c1-19-8-5-7(6-8)13-20(17,18)10-4-2-3-9(12)11(10)14(15)16/h2-4,7-8,13H,5-6H2,1H3. The highest BCUT2D eigenvalue weighted by Crippen LogP contribution is 2.29. The molecule has 0 radical (unpaired) electrons. The molecule has 1 aliphatic rings. The predicted octanol–water partition coefficient (Wildman–Crippen LogP) is 1.19. The van der Waals surface area contributed by atoms with E-state index in [1.807, 2.05) is 0 Å². The average molecular weight is 304 g/mol. The molecule has 0 saturated heterocycles. The summed E-state index contributed by atoms with van der Waals surface area (Å²) in [5.74, 6) is -1.18. The highest BCUT2D eigenvalue weighted by Gasteiger charge is 2.36. The molecule has 0 spiro atoms. The Morgan fingerprint density at radius 2 is 2.10 bits per heavy atom. The minimum atomic E-state index is -4.14. The van der Waals surface area contributed by atoms with Crippen molar-refractivity contribution < 1.29 is 22.5 Å². The van der Waals surface area contributed by atoms with Gasteiger partial charge in [-0.25, -0.2) is 13.1 Å². The number of halogens is 1. The van der Waals surface area contributed by atoms with Crippen LogP contribution in [0.4, 0.5) is 10.1 Å². The first kappa shape index (κ1) is 14.8. The van der Waals surface area contributed by atoms with E-state index in [1.54, 1.807) is 0 Å². The molecular formula is C11H13FN2O5S. The minimum absolute atomic E-state index is 0.0230. The van der Waals surface area contributed by atoms with Crippen LogP contribution in [0.3, 0.4) is 0 Å². The van der Waals surface area contributed by atoms with Gasteiger partial charge >= 0.3 is 5.69 Å². The highest BCUT2D eigenvalue weighted by atomic mass is 32.2. The highest BCUT2D eigenvalue weighted by molar-refractivity contribution is 7.89. The molecule has 1 aromatic carbocycles. The maximum Gasteiger partial charge on any atom is 0.324 e. The maximum absolute atomic E-state index is 13.4. The van der Waals surface area contributed by atoms with Gasteiger partial charge in [0.1, 0.15) is 0 Å². The number of nitro benzene ring substituents is 1. The summed E-state index contributed by atoms with van der Waals surface area (Å²) in [4.78, 5) is 9.11. The maximum atomic E-state index is 13.4. The van der Waals surface area contributed by atoms with Crippen molar-refractivity contribution >= 4 is 15.7 Å². The summed E-state index contributed by atoms with van der Waals surface area (Å²) in [6.45, 7) is 0. The van der Waals surface area contributed by atoms with E-state index >= 15 is 0 Å². The van der Waals surface area contributed by atoms with Crippen LogP contribution >= 0.6 is 0 Å². The predicted molar refractivity (Wildman–Crippen MR) is 67.2 cm³/mol. The lowest BCUT2D eigenvalue weighted by Gasteiger charge is -2.34. The lowest BCUT2D eigenvalue weighted by molar-refractivity contribution is -0.390. The quantitative estimate of drug-likeness (QED) is 0.650. The summed E-state index contributed by atoms with van der Waals surface area (Å²) in [5, 5.41) is 10.8. The van der Waals surface area contributed by atoms with Gasteiger partial charge in [0.25, 0.3) is 0 Å². The fraction of sp³-hybridized carbons (Fsp3) is 0.455. The van der Waals surface area contributed by atoms with E-state index in [4.69, 9.17) is 4.74 Å². The van der Waals surface area contributed by atoms with Gasteiger partial charge in [0.15, 0.2) is 4.90 Å². The Bertz CT molecular complexity index is 628. The largest absolute Gasteiger partial charge is 0.381 e. The second kappa shape index (κ2) is 5.43. The van der Waals surface area contributed by atoms with Crippen LogP contribution in [0.15, 0.2) is 23.1 Å². The number of rotatable bonds is 5. The molecule has 20 heavy (non-hydrogen) atoms. The smallest absolute Gasteiger partial charge is 0.324 e. The Labute approximate surface area is 114 Å². The van der Waals surface area contributed by atoms with E-state index in [9.17, 15) is 22.9 Å². The summed E-state index contributed by atoms with van der Waals surface area (Å²) in [6, 6.07) is 2.63. The Morgan fingerprint density at radius 1 is 1.45 bits per heavy atom. The van der Waals surface area contributed by atoms with Crippen LogP contribution < -0.4 is 4.72 Å². The van der Waals surface area contributed by atoms with Crippen molar-refractivity contribution in [2.24, 2.45) is 0 Å². The van der Waals surface area contributed by atoms with Gasteiger partial charge in [-0.05, 0) is 25.0 Å². The molecule has 0 aromatic heterocycles. The van der Waals surface area contributed by atoms with Crippen LogP contribution in [0, 0.1) is 15.9 Å². The molecule has 0 unspecified atom stereocenters. The Balaban J connectivity index is 2.26. The van der Waals surface area contributed by atoms with Crippen molar-refractivity contribution in [1.29, 1.82) is 0 Å². The number of hydrogen-bond acceptors (Lipinski definition) is 5. The van der Waals surface area contributed by atoms with Crippen molar-refractivity contribution in [3.63, 3.8) is 0 Å². The van der Waals surface area contributed by atoms with Crippen molar-refractivity contribution in [3.8, 4) is 0 Å². The van der Waals surface area contributed by atoms with Gasteiger partial charge in [-0.3, -0.25) is 10.1 Å². The summed E-state index contributed by atoms with van der Waals surface area (Å²) in [6.07, 6.45) is 0.947. The molecule has 0 amide bonds. The molecule has 0 aliphatic heterocycles. The fourth-order valence-corrected chi connectivity index (χ4v) is 3.47. The van der Waals surface area contributed by atoms with Crippen molar-refractivity contribution in [2.45, 2.75) is 29.9 Å². The summed E-state index contributed by atoms with van der Waals surface area (Å²) in [7, 11) is -2.62. The average Bonchev–Trinajstić information content (AvgIpc) is 2.32. The molecule has 1 aliphatic carbocycles. The lowest BCUT2D eigenvalue weighted by Crippen LogP contribution is -2.47. The van der Waals surface area contributed by atoms with Gasteiger partial charge in [0, 0.05) is 13.2 Å². The topological polar surface area (TPSA) is 98.5 Å². The third-order valence-corrected chi connectivity index (χ3v) is 4.72. The molecule has 110 valence electrons. The van der Waals surface area contributed by atoms with E-state index in [0.717, 1.165) is 18.2 Å². The molecule has 1 fully saturated rings. The molecule has 1 N–H and O–H groups in total. The molecule has 2 rings (SSSR count). The van der Waals surface area contributed by atoms with Crippen LogP contribution in [0.25, 0.3) is 0 Å². The second-order valence-corrected chi connectivity index (χ2v) is 6.17. The third-order valence-electron chi connectivity index (χ3n) is 3.17. The van der Waals surface area contributed by atoms with Crippen LogP contribution in [0.5, 0.6) is 0 Å². The van der Waals surface area contributed by atoms with Gasteiger partial charge in [-0.2, -0.15) is 4.39 Å². The molecule has 7 nitrogen and oxygen atoms in total. The van der Waals surface area contributed by atoms with E-state index < -0.39 is 31.3 Å².